The van der Waals surface area contributed by atoms with Crippen LogP contribution in [0.3, 0.4) is 0 Å². The second kappa shape index (κ2) is 8.67. The van der Waals surface area contributed by atoms with Crippen molar-refractivity contribution in [3.8, 4) is 16.9 Å². The van der Waals surface area contributed by atoms with Crippen molar-refractivity contribution < 1.29 is 14.3 Å². The molecule has 1 saturated carbocycles. The fraction of sp³-hybridized carbons (Fsp3) is 0.385. The van der Waals surface area contributed by atoms with E-state index in [1.165, 1.54) is 0 Å². The summed E-state index contributed by atoms with van der Waals surface area (Å²) in [5.74, 6) is 1.53. The van der Waals surface area contributed by atoms with Gasteiger partial charge in [0.2, 0.25) is 5.91 Å². The molecule has 3 aromatic rings. The molecule has 5 heteroatoms. The zero-order valence-electron chi connectivity index (χ0n) is 17.9. The van der Waals surface area contributed by atoms with Crippen molar-refractivity contribution in [2.24, 2.45) is 5.92 Å². The molecule has 5 nitrogen and oxygen atoms in total. The Morgan fingerprint density at radius 1 is 1.03 bits per heavy atom. The van der Waals surface area contributed by atoms with E-state index in [1.807, 2.05) is 35.4 Å². The van der Waals surface area contributed by atoms with E-state index < -0.39 is 0 Å². The predicted molar refractivity (Wildman–Crippen MR) is 121 cm³/mol. The highest BCUT2D eigenvalue weighted by molar-refractivity contribution is 5.86. The molecule has 1 amide bonds. The van der Waals surface area contributed by atoms with Crippen LogP contribution in [0.5, 0.6) is 5.75 Å². The third-order valence-corrected chi connectivity index (χ3v) is 6.29. The molecule has 2 aliphatic rings. The number of hydrogen-bond acceptors (Lipinski definition) is 4. The molecule has 0 N–H and O–H groups in total. The summed E-state index contributed by atoms with van der Waals surface area (Å²) in [6.45, 7) is 2.19. The lowest BCUT2D eigenvalue weighted by atomic mass is 10.0. The predicted octanol–water partition coefficient (Wildman–Crippen LogP) is 4.83. The minimum atomic E-state index is 0.174. The number of ether oxygens (including phenoxy) is 2. The lowest BCUT2D eigenvalue weighted by molar-refractivity contribution is -0.134. The van der Waals surface area contributed by atoms with Crippen molar-refractivity contribution in [2.75, 3.05) is 20.2 Å². The van der Waals surface area contributed by atoms with Gasteiger partial charge in [0.25, 0.3) is 0 Å². The molecule has 2 aromatic carbocycles. The molecule has 0 bridgehead atoms. The van der Waals surface area contributed by atoms with Gasteiger partial charge in [0.05, 0.1) is 12.1 Å². The number of aromatic nitrogens is 1. The van der Waals surface area contributed by atoms with Gasteiger partial charge < -0.3 is 14.4 Å². The minimum absolute atomic E-state index is 0.174. The molecular weight excluding hydrogens is 388 g/mol. The molecule has 0 unspecified atom stereocenters. The summed E-state index contributed by atoms with van der Waals surface area (Å²) < 4.78 is 11.5. The van der Waals surface area contributed by atoms with Crippen LogP contribution < -0.4 is 4.74 Å². The highest BCUT2D eigenvalue weighted by Crippen LogP contribution is 2.32. The summed E-state index contributed by atoms with van der Waals surface area (Å²) in [6.07, 6.45) is 6.03. The number of carbonyl (C=O) groups is 1. The third kappa shape index (κ3) is 4.42. The highest BCUT2D eigenvalue weighted by Gasteiger charge is 2.35. The number of amides is 1. The normalized spacial score (nSPS) is 17.1. The molecule has 31 heavy (non-hydrogen) atoms. The van der Waals surface area contributed by atoms with Crippen molar-refractivity contribution in [3.05, 3.63) is 60.3 Å². The van der Waals surface area contributed by atoms with Gasteiger partial charge in [-0.05, 0) is 48.2 Å². The van der Waals surface area contributed by atoms with Crippen LogP contribution in [0.2, 0.25) is 0 Å². The standard InChI is InChI=1S/C26H28N2O3/c1-30-17-20-3-2-4-25-24(20)15-21(16-27-25)18-7-9-22(10-8-18)31-23-11-13-28(14-12-23)26(29)19-5-6-19/h2-4,7-10,15-16,19,23H,5-6,11-14,17H2,1H3. The molecule has 2 fully saturated rings. The largest absolute Gasteiger partial charge is 0.490 e. The van der Waals surface area contributed by atoms with E-state index in [1.54, 1.807) is 7.11 Å². The second-order valence-corrected chi connectivity index (χ2v) is 8.58. The van der Waals surface area contributed by atoms with Crippen LogP contribution in [0, 0.1) is 5.92 Å². The van der Waals surface area contributed by atoms with Crippen LogP contribution in [0.4, 0.5) is 0 Å². The summed E-state index contributed by atoms with van der Waals surface area (Å²) in [5.41, 5.74) is 4.30. The summed E-state index contributed by atoms with van der Waals surface area (Å²) in [7, 11) is 1.71. The number of pyridine rings is 1. The van der Waals surface area contributed by atoms with Gasteiger partial charge in [-0.2, -0.15) is 0 Å². The number of nitrogens with zero attached hydrogens (tertiary/aromatic N) is 2. The quantitative estimate of drug-likeness (QED) is 0.578. The van der Waals surface area contributed by atoms with Gasteiger partial charge in [-0.25, -0.2) is 0 Å². The van der Waals surface area contributed by atoms with Crippen LogP contribution in [0.25, 0.3) is 22.0 Å². The van der Waals surface area contributed by atoms with Crippen molar-refractivity contribution in [2.45, 2.75) is 38.4 Å². The number of carbonyl (C=O) groups excluding carboxylic acids is 1. The minimum Gasteiger partial charge on any atom is -0.490 e. The van der Waals surface area contributed by atoms with Crippen molar-refractivity contribution in [3.63, 3.8) is 0 Å². The molecule has 1 aromatic heterocycles. The first-order valence-corrected chi connectivity index (χ1v) is 11.1. The molecule has 5 rings (SSSR count). The summed E-state index contributed by atoms with van der Waals surface area (Å²) in [4.78, 5) is 18.9. The zero-order valence-corrected chi connectivity index (χ0v) is 17.9. The number of piperidine rings is 1. The Bertz CT molecular complexity index is 1070. The van der Waals surface area contributed by atoms with E-state index in [-0.39, 0.29) is 6.10 Å². The van der Waals surface area contributed by atoms with E-state index in [0.717, 1.165) is 72.1 Å². The molecule has 0 radical (unpaired) electrons. The average molecular weight is 417 g/mol. The number of methoxy groups -OCH3 is 1. The first-order valence-electron chi connectivity index (χ1n) is 11.1. The molecule has 1 aliphatic heterocycles. The SMILES string of the molecule is COCc1cccc2ncc(-c3ccc(OC4CCN(C(=O)C5CC5)CC4)cc3)cc12. The molecular formula is C26H28N2O3. The Labute approximate surface area is 183 Å². The maximum absolute atomic E-state index is 12.2. The lowest BCUT2D eigenvalue weighted by Gasteiger charge is -2.32. The molecule has 1 aliphatic carbocycles. The molecule has 0 atom stereocenters. The van der Waals surface area contributed by atoms with E-state index in [2.05, 4.69) is 29.2 Å². The fourth-order valence-corrected chi connectivity index (χ4v) is 4.35. The number of rotatable bonds is 6. The number of fused-ring (bicyclic) bond motifs is 1. The monoisotopic (exact) mass is 416 g/mol. The van der Waals surface area contributed by atoms with Crippen LogP contribution in [-0.4, -0.2) is 42.1 Å². The van der Waals surface area contributed by atoms with Crippen LogP contribution >= 0.6 is 0 Å². The van der Waals surface area contributed by atoms with Gasteiger partial charge in [0.1, 0.15) is 11.9 Å². The smallest absolute Gasteiger partial charge is 0.225 e. The van der Waals surface area contributed by atoms with Gasteiger partial charge in [0, 0.05) is 56.1 Å². The number of likely N-dealkylation sites (tertiary alicyclic amines) is 1. The van der Waals surface area contributed by atoms with Crippen LogP contribution in [0.15, 0.2) is 54.7 Å². The maximum atomic E-state index is 12.2. The van der Waals surface area contributed by atoms with E-state index in [4.69, 9.17) is 9.47 Å². The van der Waals surface area contributed by atoms with Gasteiger partial charge in [-0.3, -0.25) is 9.78 Å². The Balaban J connectivity index is 1.25. The number of benzene rings is 2. The van der Waals surface area contributed by atoms with Crippen molar-refractivity contribution >= 4 is 16.8 Å². The highest BCUT2D eigenvalue weighted by atomic mass is 16.5. The van der Waals surface area contributed by atoms with Gasteiger partial charge in [0.15, 0.2) is 0 Å². The summed E-state index contributed by atoms with van der Waals surface area (Å²) in [6, 6.07) is 16.5. The Hall–Kier alpha value is -2.92. The van der Waals surface area contributed by atoms with Crippen molar-refractivity contribution in [1.82, 2.24) is 9.88 Å². The first-order chi connectivity index (χ1) is 15.2. The Morgan fingerprint density at radius 2 is 1.81 bits per heavy atom. The molecule has 1 saturated heterocycles. The van der Waals surface area contributed by atoms with Crippen LogP contribution in [0.1, 0.15) is 31.2 Å². The van der Waals surface area contributed by atoms with E-state index >= 15 is 0 Å². The molecule has 2 heterocycles. The first kappa shape index (κ1) is 20.0. The van der Waals surface area contributed by atoms with Crippen molar-refractivity contribution in [1.29, 1.82) is 0 Å². The fourth-order valence-electron chi connectivity index (χ4n) is 4.35. The van der Waals surface area contributed by atoms with Gasteiger partial charge >= 0.3 is 0 Å². The second-order valence-electron chi connectivity index (χ2n) is 8.58. The zero-order chi connectivity index (χ0) is 21.2. The van der Waals surface area contributed by atoms with E-state index in [0.29, 0.717) is 18.4 Å². The van der Waals surface area contributed by atoms with Crippen LogP contribution in [-0.2, 0) is 16.1 Å². The number of hydrogen-bond donors (Lipinski definition) is 0. The third-order valence-electron chi connectivity index (χ3n) is 6.29. The topological polar surface area (TPSA) is 51.7 Å². The van der Waals surface area contributed by atoms with E-state index in [9.17, 15) is 4.79 Å². The molecule has 0 spiro atoms. The molecule has 160 valence electrons. The average Bonchev–Trinajstić information content (AvgIpc) is 3.65. The Kier molecular flexibility index (Phi) is 5.60. The summed E-state index contributed by atoms with van der Waals surface area (Å²) >= 11 is 0. The maximum Gasteiger partial charge on any atom is 0.225 e. The van der Waals surface area contributed by atoms with Gasteiger partial charge in [-0.1, -0.05) is 24.3 Å². The van der Waals surface area contributed by atoms with Gasteiger partial charge in [-0.15, -0.1) is 0 Å². The lowest BCUT2D eigenvalue weighted by Crippen LogP contribution is -2.42. The Morgan fingerprint density at radius 3 is 2.52 bits per heavy atom. The summed E-state index contributed by atoms with van der Waals surface area (Å²) in [5, 5.41) is 1.12.